The minimum atomic E-state index is -0.156. The summed E-state index contributed by atoms with van der Waals surface area (Å²) in [4.78, 5) is 12.2. The van der Waals surface area contributed by atoms with Crippen LogP contribution in [0.5, 0.6) is 0 Å². The first kappa shape index (κ1) is 12.7. The molecule has 102 valence electrons. The highest BCUT2D eigenvalue weighted by Gasteiger charge is 2.56. The van der Waals surface area contributed by atoms with E-state index in [4.69, 9.17) is 0 Å². The minimum absolute atomic E-state index is 0.00267. The first-order valence-corrected chi connectivity index (χ1v) is 7.24. The van der Waals surface area contributed by atoms with Gasteiger partial charge in [-0.2, -0.15) is 0 Å². The Morgan fingerprint density at radius 2 is 1.95 bits per heavy atom. The molecule has 0 aliphatic heterocycles. The lowest BCUT2D eigenvalue weighted by Crippen LogP contribution is -2.40. The fraction of sp³-hybridized carbons (Fsp3) is 0.562. The molecule has 2 N–H and O–H groups in total. The summed E-state index contributed by atoms with van der Waals surface area (Å²) in [6.07, 6.45) is 4.41. The van der Waals surface area contributed by atoms with Gasteiger partial charge < -0.3 is 10.4 Å². The SMILES string of the molecule is O=C(N[C@H](CO)Cc1ccccc1)C1C2CCCC21. The largest absolute Gasteiger partial charge is 0.394 e. The quantitative estimate of drug-likeness (QED) is 0.846. The first-order chi connectivity index (χ1) is 9.29. The van der Waals surface area contributed by atoms with E-state index in [1.807, 2.05) is 30.3 Å². The highest BCUT2D eigenvalue weighted by Crippen LogP contribution is 2.57. The number of aliphatic hydroxyl groups is 1. The van der Waals surface area contributed by atoms with Crippen molar-refractivity contribution in [3.05, 3.63) is 35.9 Å². The van der Waals surface area contributed by atoms with Crippen molar-refractivity contribution in [1.29, 1.82) is 0 Å². The average molecular weight is 259 g/mol. The average Bonchev–Trinajstić information content (AvgIpc) is 2.93. The van der Waals surface area contributed by atoms with Crippen LogP contribution in [0.4, 0.5) is 0 Å². The van der Waals surface area contributed by atoms with Crippen molar-refractivity contribution < 1.29 is 9.90 Å². The zero-order chi connectivity index (χ0) is 13.2. The molecule has 0 heterocycles. The Balaban J connectivity index is 1.54. The second-order valence-corrected chi connectivity index (χ2v) is 5.86. The molecule has 2 fully saturated rings. The molecule has 3 atom stereocenters. The minimum Gasteiger partial charge on any atom is -0.394 e. The van der Waals surface area contributed by atoms with Crippen molar-refractivity contribution in [3.63, 3.8) is 0 Å². The van der Waals surface area contributed by atoms with Crippen LogP contribution < -0.4 is 5.32 Å². The predicted molar refractivity (Wildman–Crippen MR) is 73.5 cm³/mol. The Morgan fingerprint density at radius 1 is 1.26 bits per heavy atom. The van der Waals surface area contributed by atoms with Crippen molar-refractivity contribution in [1.82, 2.24) is 5.32 Å². The Morgan fingerprint density at radius 3 is 2.58 bits per heavy atom. The third-order valence-electron chi connectivity index (χ3n) is 4.60. The highest BCUT2D eigenvalue weighted by atomic mass is 16.3. The molecule has 0 radical (unpaired) electrons. The molecule has 2 aliphatic rings. The molecular weight excluding hydrogens is 238 g/mol. The zero-order valence-electron chi connectivity index (χ0n) is 11.1. The van der Waals surface area contributed by atoms with Gasteiger partial charge in [0.15, 0.2) is 0 Å². The summed E-state index contributed by atoms with van der Waals surface area (Å²) < 4.78 is 0. The van der Waals surface area contributed by atoms with Gasteiger partial charge in [-0.25, -0.2) is 0 Å². The number of fused-ring (bicyclic) bond motifs is 1. The molecule has 0 saturated heterocycles. The van der Waals surface area contributed by atoms with Crippen LogP contribution in [-0.4, -0.2) is 23.7 Å². The van der Waals surface area contributed by atoms with Crippen molar-refractivity contribution in [3.8, 4) is 0 Å². The standard InChI is InChI=1S/C16H21NO2/c18-10-12(9-11-5-2-1-3-6-11)17-16(19)15-13-7-4-8-14(13)15/h1-3,5-6,12-15,18H,4,7-10H2,(H,17,19)/t12-,13?,14?,15?/m0/s1. The normalized spacial score (nSPS) is 29.6. The molecule has 2 unspecified atom stereocenters. The van der Waals surface area contributed by atoms with Gasteiger partial charge in [0.1, 0.15) is 0 Å². The number of aliphatic hydroxyl groups excluding tert-OH is 1. The maximum atomic E-state index is 12.2. The van der Waals surface area contributed by atoms with Crippen LogP contribution in [0, 0.1) is 17.8 Å². The van der Waals surface area contributed by atoms with Gasteiger partial charge in [0.2, 0.25) is 5.91 Å². The molecule has 1 aromatic rings. The van der Waals surface area contributed by atoms with Crippen molar-refractivity contribution in [2.75, 3.05) is 6.61 Å². The maximum Gasteiger partial charge on any atom is 0.223 e. The molecule has 3 rings (SSSR count). The molecule has 3 nitrogen and oxygen atoms in total. The molecule has 0 bridgehead atoms. The van der Waals surface area contributed by atoms with Gasteiger partial charge in [0, 0.05) is 5.92 Å². The van der Waals surface area contributed by atoms with E-state index in [-0.39, 0.29) is 24.5 Å². The maximum absolute atomic E-state index is 12.2. The summed E-state index contributed by atoms with van der Waals surface area (Å²) in [5.41, 5.74) is 1.15. The van der Waals surface area contributed by atoms with E-state index < -0.39 is 0 Å². The van der Waals surface area contributed by atoms with Crippen molar-refractivity contribution in [2.24, 2.45) is 17.8 Å². The summed E-state index contributed by atoms with van der Waals surface area (Å²) in [5.74, 6) is 1.66. The smallest absolute Gasteiger partial charge is 0.223 e. The summed E-state index contributed by atoms with van der Waals surface area (Å²) in [6, 6.07) is 9.84. The van der Waals surface area contributed by atoms with E-state index in [0.717, 1.165) is 5.56 Å². The summed E-state index contributed by atoms with van der Waals surface area (Å²) in [7, 11) is 0. The fourth-order valence-electron chi connectivity index (χ4n) is 3.57. The molecule has 0 spiro atoms. The van der Waals surface area contributed by atoms with Gasteiger partial charge in [0.05, 0.1) is 12.6 Å². The lowest BCUT2D eigenvalue weighted by atomic mass is 10.1. The Kier molecular flexibility index (Phi) is 3.56. The van der Waals surface area contributed by atoms with Gasteiger partial charge in [0.25, 0.3) is 0 Å². The number of nitrogens with one attached hydrogen (secondary N) is 1. The van der Waals surface area contributed by atoms with Crippen LogP contribution in [0.2, 0.25) is 0 Å². The summed E-state index contributed by atoms with van der Waals surface area (Å²) in [5, 5.41) is 12.4. The number of benzene rings is 1. The van der Waals surface area contributed by atoms with Crippen LogP contribution in [-0.2, 0) is 11.2 Å². The summed E-state index contributed by atoms with van der Waals surface area (Å²) in [6.45, 7) is 0.00267. The van der Waals surface area contributed by atoms with E-state index in [0.29, 0.717) is 18.3 Å². The van der Waals surface area contributed by atoms with Crippen LogP contribution in [0.25, 0.3) is 0 Å². The van der Waals surface area contributed by atoms with E-state index in [2.05, 4.69) is 5.32 Å². The molecule has 2 saturated carbocycles. The van der Waals surface area contributed by atoms with Crippen LogP contribution >= 0.6 is 0 Å². The number of hydrogen-bond donors (Lipinski definition) is 2. The molecule has 19 heavy (non-hydrogen) atoms. The number of rotatable bonds is 5. The Bertz CT molecular complexity index is 435. The molecule has 1 amide bonds. The van der Waals surface area contributed by atoms with Crippen LogP contribution in [0.15, 0.2) is 30.3 Å². The van der Waals surface area contributed by atoms with Crippen LogP contribution in [0.1, 0.15) is 24.8 Å². The Hall–Kier alpha value is -1.35. The predicted octanol–water partition coefficient (Wildman–Crippen LogP) is 1.75. The second-order valence-electron chi connectivity index (χ2n) is 5.86. The summed E-state index contributed by atoms with van der Waals surface area (Å²) >= 11 is 0. The molecule has 2 aliphatic carbocycles. The topological polar surface area (TPSA) is 49.3 Å². The van der Waals surface area contributed by atoms with E-state index in [9.17, 15) is 9.90 Å². The van der Waals surface area contributed by atoms with Crippen molar-refractivity contribution in [2.45, 2.75) is 31.7 Å². The molecular formula is C16H21NO2. The molecule has 0 aromatic heterocycles. The Labute approximate surface area is 114 Å². The molecule has 3 heteroatoms. The van der Waals surface area contributed by atoms with Crippen molar-refractivity contribution >= 4 is 5.91 Å². The third-order valence-corrected chi connectivity index (χ3v) is 4.60. The number of hydrogen-bond acceptors (Lipinski definition) is 2. The molecule has 1 aromatic carbocycles. The van der Waals surface area contributed by atoms with E-state index in [1.165, 1.54) is 19.3 Å². The van der Waals surface area contributed by atoms with Gasteiger partial charge in [-0.15, -0.1) is 0 Å². The fourth-order valence-corrected chi connectivity index (χ4v) is 3.57. The second kappa shape index (κ2) is 5.33. The van der Waals surface area contributed by atoms with Crippen LogP contribution in [0.3, 0.4) is 0 Å². The first-order valence-electron chi connectivity index (χ1n) is 7.24. The highest BCUT2D eigenvalue weighted by molar-refractivity contribution is 5.82. The van der Waals surface area contributed by atoms with Gasteiger partial charge in [-0.1, -0.05) is 36.8 Å². The number of amides is 1. The van der Waals surface area contributed by atoms with E-state index >= 15 is 0 Å². The monoisotopic (exact) mass is 259 g/mol. The number of carbonyl (C=O) groups excluding carboxylic acids is 1. The lowest BCUT2D eigenvalue weighted by Gasteiger charge is -2.17. The van der Waals surface area contributed by atoms with Gasteiger partial charge in [-0.3, -0.25) is 4.79 Å². The van der Waals surface area contributed by atoms with Gasteiger partial charge >= 0.3 is 0 Å². The zero-order valence-corrected chi connectivity index (χ0v) is 11.1. The van der Waals surface area contributed by atoms with Gasteiger partial charge in [-0.05, 0) is 36.7 Å². The lowest BCUT2D eigenvalue weighted by molar-refractivity contribution is -0.124. The van der Waals surface area contributed by atoms with E-state index in [1.54, 1.807) is 0 Å². The number of carbonyl (C=O) groups is 1. The third kappa shape index (κ3) is 2.66.